The van der Waals surface area contributed by atoms with Crippen molar-refractivity contribution in [2.24, 2.45) is 5.92 Å². The molecule has 0 aliphatic carbocycles. The Hall–Kier alpha value is -0.170. The third kappa shape index (κ3) is 5.77. The number of likely N-dealkylation sites (tertiary alicyclic amines) is 1. The molecule has 19 heavy (non-hydrogen) atoms. The standard InChI is InChI=1S/C13H27N3O2S/c17-19(18,12-13-5-3-6-14-11-13)15-7-4-10-16-8-1-2-9-16/h13-15H,1-12H2. The van der Waals surface area contributed by atoms with Crippen molar-refractivity contribution in [1.29, 1.82) is 0 Å². The van der Waals surface area contributed by atoms with Gasteiger partial charge >= 0.3 is 0 Å². The van der Waals surface area contributed by atoms with Crippen LogP contribution in [0.15, 0.2) is 0 Å². The molecule has 2 fully saturated rings. The summed E-state index contributed by atoms with van der Waals surface area (Å²) >= 11 is 0. The SMILES string of the molecule is O=S(=O)(CC1CCCNC1)NCCCN1CCCC1. The summed E-state index contributed by atoms with van der Waals surface area (Å²) in [5.41, 5.74) is 0. The lowest BCUT2D eigenvalue weighted by atomic mass is 10.0. The highest BCUT2D eigenvalue weighted by atomic mass is 32.2. The zero-order valence-corrected chi connectivity index (χ0v) is 12.6. The lowest BCUT2D eigenvalue weighted by molar-refractivity contribution is 0.334. The molecule has 0 spiro atoms. The van der Waals surface area contributed by atoms with Crippen molar-refractivity contribution in [3.63, 3.8) is 0 Å². The van der Waals surface area contributed by atoms with E-state index >= 15 is 0 Å². The van der Waals surface area contributed by atoms with Gasteiger partial charge in [0.05, 0.1) is 5.75 Å². The fourth-order valence-corrected chi connectivity index (χ4v) is 4.45. The van der Waals surface area contributed by atoms with Crippen molar-refractivity contribution in [3.8, 4) is 0 Å². The van der Waals surface area contributed by atoms with E-state index in [1.807, 2.05) is 0 Å². The monoisotopic (exact) mass is 289 g/mol. The predicted octanol–water partition coefficient (Wildman–Crippen LogP) is 0.391. The molecule has 2 rings (SSSR count). The van der Waals surface area contributed by atoms with Crippen LogP contribution >= 0.6 is 0 Å². The number of hydrogen-bond donors (Lipinski definition) is 2. The molecule has 2 N–H and O–H groups in total. The Bertz CT molecular complexity index is 347. The maximum absolute atomic E-state index is 11.9. The summed E-state index contributed by atoms with van der Waals surface area (Å²) in [5, 5.41) is 3.26. The van der Waals surface area contributed by atoms with Crippen LogP contribution in [-0.4, -0.2) is 58.3 Å². The summed E-state index contributed by atoms with van der Waals surface area (Å²) in [6.45, 7) is 5.84. The number of piperidine rings is 1. The van der Waals surface area contributed by atoms with Gasteiger partial charge in [-0.25, -0.2) is 13.1 Å². The molecule has 2 aliphatic heterocycles. The minimum absolute atomic E-state index is 0.281. The quantitative estimate of drug-likeness (QED) is 0.666. The highest BCUT2D eigenvalue weighted by Crippen LogP contribution is 2.12. The van der Waals surface area contributed by atoms with E-state index in [2.05, 4.69) is 14.9 Å². The lowest BCUT2D eigenvalue weighted by Crippen LogP contribution is -2.38. The fraction of sp³-hybridized carbons (Fsp3) is 1.00. The minimum atomic E-state index is -3.09. The van der Waals surface area contributed by atoms with Gasteiger partial charge in [-0.3, -0.25) is 0 Å². The summed E-state index contributed by atoms with van der Waals surface area (Å²) in [5.74, 6) is 0.564. The van der Waals surface area contributed by atoms with Gasteiger partial charge < -0.3 is 10.2 Å². The van der Waals surface area contributed by atoms with Crippen LogP contribution in [0.5, 0.6) is 0 Å². The second kappa shape index (κ2) is 7.57. The Morgan fingerprint density at radius 1 is 1.21 bits per heavy atom. The largest absolute Gasteiger partial charge is 0.316 e. The summed E-state index contributed by atoms with van der Waals surface area (Å²) in [4.78, 5) is 2.42. The average molecular weight is 289 g/mol. The van der Waals surface area contributed by atoms with Gasteiger partial charge in [-0.05, 0) is 70.7 Å². The number of rotatable bonds is 7. The first-order chi connectivity index (χ1) is 9.16. The molecule has 1 unspecified atom stereocenters. The van der Waals surface area contributed by atoms with Gasteiger partial charge in [0.25, 0.3) is 0 Å². The number of sulfonamides is 1. The summed E-state index contributed by atoms with van der Waals surface area (Å²) < 4.78 is 26.6. The first-order valence-corrected chi connectivity index (χ1v) is 9.21. The molecule has 0 aromatic carbocycles. The average Bonchev–Trinajstić information content (AvgIpc) is 2.88. The maximum atomic E-state index is 11.9. The van der Waals surface area contributed by atoms with E-state index in [1.54, 1.807) is 0 Å². The Balaban J connectivity index is 1.60. The molecule has 0 bridgehead atoms. The molecule has 2 aliphatic rings. The highest BCUT2D eigenvalue weighted by Gasteiger charge is 2.20. The molecule has 0 aromatic rings. The molecule has 2 saturated heterocycles. The second-order valence-corrected chi connectivity index (χ2v) is 7.64. The van der Waals surface area contributed by atoms with Crippen molar-refractivity contribution in [2.45, 2.75) is 32.1 Å². The summed E-state index contributed by atoms with van der Waals surface area (Å²) in [6.07, 6.45) is 5.62. The van der Waals surface area contributed by atoms with Gasteiger partial charge in [0, 0.05) is 6.54 Å². The Morgan fingerprint density at radius 2 is 2.00 bits per heavy atom. The first-order valence-electron chi connectivity index (χ1n) is 7.56. The van der Waals surface area contributed by atoms with Crippen LogP contribution in [0.25, 0.3) is 0 Å². The highest BCUT2D eigenvalue weighted by molar-refractivity contribution is 7.89. The molecule has 5 nitrogen and oxygen atoms in total. The van der Waals surface area contributed by atoms with E-state index in [0.29, 0.717) is 6.54 Å². The number of hydrogen-bond acceptors (Lipinski definition) is 4. The zero-order valence-electron chi connectivity index (χ0n) is 11.7. The van der Waals surface area contributed by atoms with Crippen molar-refractivity contribution < 1.29 is 8.42 Å². The molecular formula is C13H27N3O2S. The van der Waals surface area contributed by atoms with E-state index in [4.69, 9.17) is 0 Å². The Labute approximate surface area is 117 Å². The van der Waals surface area contributed by atoms with Gasteiger partial charge in [0.2, 0.25) is 10.0 Å². The van der Waals surface area contributed by atoms with Crippen molar-refractivity contribution in [3.05, 3.63) is 0 Å². The second-order valence-electron chi connectivity index (χ2n) is 5.79. The molecule has 2 heterocycles. The van der Waals surface area contributed by atoms with E-state index in [1.165, 1.54) is 25.9 Å². The van der Waals surface area contributed by atoms with Gasteiger partial charge in [-0.1, -0.05) is 0 Å². The van der Waals surface area contributed by atoms with Gasteiger partial charge in [0.1, 0.15) is 0 Å². The molecule has 0 saturated carbocycles. The molecule has 0 radical (unpaired) electrons. The molecular weight excluding hydrogens is 262 g/mol. The normalized spacial score (nSPS) is 25.8. The molecule has 0 aromatic heterocycles. The fourth-order valence-electron chi connectivity index (χ4n) is 2.97. The van der Waals surface area contributed by atoms with E-state index < -0.39 is 10.0 Å². The van der Waals surface area contributed by atoms with Crippen molar-refractivity contribution in [2.75, 3.05) is 45.0 Å². The smallest absolute Gasteiger partial charge is 0.211 e. The van der Waals surface area contributed by atoms with Gasteiger partial charge in [0.15, 0.2) is 0 Å². The molecule has 0 amide bonds. The van der Waals surface area contributed by atoms with Crippen molar-refractivity contribution >= 4 is 10.0 Å². The van der Waals surface area contributed by atoms with Crippen LogP contribution in [0.4, 0.5) is 0 Å². The third-order valence-corrected chi connectivity index (χ3v) is 5.58. The topological polar surface area (TPSA) is 61.4 Å². The van der Waals surface area contributed by atoms with Gasteiger partial charge in [-0.15, -0.1) is 0 Å². The number of nitrogens with zero attached hydrogens (tertiary/aromatic N) is 1. The summed E-state index contributed by atoms with van der Waals surface area (Å²) in [7, 11) is -3.09. The van der Waals surface area contributed by atoms with E-state index in [-0.39, 0.29) is 11.7 Å². The first kappa shape index (κ1) is 15.2. The molecule has 112 valence electrons. The van der Waals surface area contributed by atoms with Crippen LogP contribution in [0.2, 0.25) is 0 Å². The maximum Gasteiger partial charge on any atom is 0.211 e. The van der Waals surface area contributed by atoms with Crippen LogP contribution in [-0.2, 0) is 10.0 Å². The minimum Gasteiger partial charge on any atom is -0.316 e. The Morgan fingerprint density at radius 3 is 2.68 bits per heavy atom. The zero-order chi connectivity index (χ0) is 13.6. The van der Waals surface area contributed by atoms with E-state index in [0.717, 1.165) is 38.9 Å². The van der Waals surface area contributed by atoms with E-state index in [9.17, 15) is 8.42 Å². The lowest BCUT2D eigenvalue weighted by Gasteiger charge is -2.22. The third-order valence-electron chi connectivity index (χ3n) is 4.03. The molecule has 6 heteroatoms. The predicted molar refractivity (Wildman–Crippen MR) is 77.7 cm³/mol. The van der Waals surface area contributed by atoms with Crippen LogP contribution < -0.4 is 10.0 Å². The van der Waals surface area contributed by atoms with Crippen LogP contribution in [0.3, 0.4) is 0 Å². The Kier molecular flexibility index (Phi) is 6.06. The summed E-state index contributed by atoms with van der Waals surface area (Å²) in [6, 6.07) is 0. The number of nitrogens with one attached hydrogen (secondary N) is 2. The van der Waals surface area contributed by atoms with Gasteiger partial charge in [-0.2, -0.15) is 0 Å². The van der Waals surface area contributed by atoms with Crippen LogP contribution in [0, 0.1) is 5.92 Å². The molecule has 1 atom stereocenters. The van der Waals surface area contributed by atoms with Crippen LogP contribution in [0.1, 0.15) is 32.1 Å². The van der Waals surface area contributed by atoms with Crippen molar-refractivity contribution in [1.82, 2.24) is 14.9 Å².